The van der Waals surface area contributed by atoms with Crippen molar-refractivity contribution in [2.75, 3.05) is 6.61 Å². The van der Waals surface area contributed by atoms with Crippen LogP contribution >= 0.6 is 0 Å². The molecular weight excluding hydrogens is 209 g/mol. The summed E-state index contributed by atoms with van der Waals surface area (Å²) in [6, 6.07) is 1.57. The highest BCUT2D eigenvalue weighted by Crippen LogP contribution is 2.32. The fourth-order valence-electron chi connectivity index (χ4n) is 1.94. The quantitative estimate of drug-likeness (QED) is 0.668. The standard InChI is InChI=1S/C9H17F3OSi/c1-2-14(6-4-3-5-13-14)7-8(10)9(11)12/h8-9H,2-7H2,1H3. The molecule has 0 spiro atoms. The lowest BCUT2D eigenvalue weighted by Gasteiger charge is -2.35. The maximum absolute atomic E-state index is 12.9. The first-order chi connectivity index (χ1) is 6.59. The molecule has 0 N–H and O–H groups in total. The van der Waals surface area contributed by atoms with Crippen molar-refractivity contribution < 1.29 is 17.6 Å². The zero-order valence-corrected chi connectivity index (χ0v) is 9.44. The summed E-state index contributed by atoms with van der Waals surface area (Å²) >= 11 is 0. The highest BCUT2D eigenvalue weighted by molar-refractivity contribution is 6.74. The predicted molar refractivity (Wildman–Crippen MR) is 51.9 cm³/mol. The van der Waals surface area contributed by atoms with Crippen LogP contribution in [-0.4, -0.2) is 27.5 Å². The average Bonchev–Trinajstić information content (AvgIpc) is 2.19. The van der Waals surface area contributed by atoms with Crippen molar-refractivity contribution in [3.63, 3.8) is 0 Å². The van der Waals surface area contributed by atoms with Crippen LogP contribution in [0, 0.1) is 0 Å². The van der Waals surface area contributed by atoms with Crippen LogP contribution in [0.25, 0.3) is 0 Å². The third-order valence-corrected chi connectivity index (χ3v) is 7.42. The Morgan fingerprint density at radius 3 is 2.43 bits per heavy atom. The van der Waals surface area contributed by atoms with E-state index in [9.17, 15) is 13.2 Å². The topological polar surface area (TPSA) is 9.23 Å². The molecule has 0 radical (unpaired) electrons. The molecule has 84 valence electrons. The molecule has 1 saturated heterocycles. The Morgan fingerprint density at radius 2 is 2.00 bits per heavy atom. The van der Waals surface area contributed by atoms with Gasteiger partial charge in [-0.15, -0.1) is 0 Å². The minimum atomic E-state index is -2.85. The summed E-state index contributed by atoms with van der Waals surface area (Å²) in [4.78, 5) is 0. The van der Waals surface area contributed by atoms with E-state index in [1.54, 1.807) is 0 Å². The molecule has 5 heteroatoms. The van der Waals surface area contributed by atoms with E-state index in [0.29, 0.717) is 6.61 Å². The third kappa shape index (κ3) is 2.98. The molecule has 0 aromatic rings. The van der Waals surface area contributed by atoms with Crippen LogP contribution in [0.3, 0.4) is 0 Å². The zero-order valence-electron chi connectivity index (χ0n) is 8.44. The summed E-state index contributed by atoms with van der Waals surface area (Å²) in [5.74, 6) is 0. The Bertz CT molecular complexity index is 171. The Balaban J connectivity index is 2.51. The molecule has 1 fully saturated rings. The van der Waals surface area contributed by atoms with Gasteiger partial charge < -0.3 is 4.43 Å². The van der Waals surface area contributed by atoms with Crippen LogP contribution in [0.1, 0.15) is 19.8 Å². The van der Waals surface area contributed by atoms with Crippen molar-refractivity contribution in [3.8, 4) is 0 Å². The van der Waals surface area contributed by atoms with Gasteiger partial charge in [-0.1, -0.05) is 13.3 Å². The molecule has 14 heavy (non-hydrogen) atoms. The molecule has 1 rings (SSSR count). The lowest BCUT2D eigenvalue weighted by atomic mass is 10.4. The Hall–Kier alpha value is -0.0331. The molecular formula is C9H17F3OSi. The fourth-order valence-corrected chi connectivity index (χ4v) is 5.61. The van der Waals surface area contributed by atoms with Crippen molar-refractivity contribution in [2.45, 2.75) is 50.5 Å². The SMILES string of the molecule is CC[Si]1(CC(F)C(F)F)CCCCO1. The minimum absolute atomic E-state index is 0.0266. The maximum atomic E-state index is 12.9. The third-order valence-electron chi connectivity index (χ3n) is 2.92. The van der Waals surface area contributed by atoms with Gasteiger partial charge in [0.05, 0.1) is 0 Å². The van der Waals surface area contributed by atoms with E-state index in [1.165, 1.54) is 0 Å². The van der Waals surface area contributed by atoms with Crippen LogP contribution in [0.4, 0.5) is 13.2 Å². The summed E-state index contributed by atoms with van der Waals surface area (Å²) in [5, 5.41) is 0. The van der Waals surface area contributed by atoms with Crippen molar-refractivity contribution in [2.24, 2.45) is 0 Å². The minimum Gasteiger partial charge on any atom is -0.417 e. The van der Waals surface area contributed by atoms with Crippen molar-refractivity contribution >= 4 is 8.32 Å². The fraction of sp³-hybridized carbons (Fsp3) is 1.00. The number of hydrogen-bond donors (Lipinski definition) is 0. The first kappa shape index (κ1) is 12.0. The molecule has 2 atom stereocenters. The van der Waals surface area contributed by atoms with Gasteiger partial charge in [-0.3, -0.25) is 0 Å². The van der Waals surface area contributed by atoms with Crippen LogP contribution < -0.4 is 0 Å². The summed E-state index contributed by atoms with van der Waals surface area (Å²) in [7, 11) is -2.14. The van der Waals surface area contributed by atoms with Gasteiger partial charge in [0.15, 0.2) is 14.5 Å². The first-order valence-corrected chi connectivity index (χ1v) is 7.69. The molecule has 1 nitrogen and oxygen atoms in total. The Kier molecular flexibility index (Phi) is 4.44. The van der Waals surface area contributed by atoms with E-state index in [0.717, 1.165) is 24.9 Å². The zero-order chi connectivity index (χ0) is 10.6. The molecule has 0 bridgehead atoms. The van der Waals surface area contributed by atoms with Crippen LogP contribution in [0.5, 0.6) is 0 Å². The molecule has 0 aliphatic carbocycles. The molecule has 0 aromatic heterocycles. The van der Waals surface area contributed by atoms with Gasteiger partial charge in [0.25, 0.3) is 6.43 Å². The summed E-state index contributed by atoms with van der Waals surface area (Å²) in [5.41, 5.74) is 0. The lowest BCUT2D eigenvalue weighted by molar-refractivity contribution is 0.0561. The number of halogens is 3. The lowest BCUT2D eigenvalue weighted by Crippen LogP contribution is -2.43. The second-order valence-electron chi connectivity index (χ2n) is 3.90. The van der Waals surface area contributed by atoms with Crippen molar-refractivity contribution in [1.82, 2.24) is 0 Å². The second kappa shape index (κ2) is 5.16. The van der Waals surface area contributed by atoms with Gasteiger partial charge in [-0.2, -0.15) is 0 Å². The van der Waals surface area contributed by atoms with Gasteiger partial charge in [0.2, 0.25) is 0 Å². The Labute approximate surface area is 83.8 Å². The van der Waals surface area contributed by atoms with E-state index < -0.39 is 20.9 Å². The number of rotatable bonds is 4. The molecule has 1 aliphatic heterocycles. The highest BCUT2D eigenvalue weighted by atomic mass is 28.4. The van der Waals surface area contributed by atoms with Gasteiger partial charge in [-0.05, 0) is 18.5 Å². The molecule has 0 amide bonds. The Morgan fingerprint density at radius 1 is 1.29 bits per heavy atom. The maximum Gasteiger partial charge on any atom is 0.269 e. The smallest absolute Gasteiger partial charge is 0.269 e. The van der Waals surface area contributed by atoms with E-state index in [4.69, 9.17) is 4.43 Å². The van der Waals surface area contributed by atoms with Gasteiger partial charge in [0, 0.05) is 12.7 Å². The molecule has 1 aliphatic rings. The van der Waals surface area contributed by atoms with Gasteiger partial charge >= 0.3 is 0 Å². The summed E-state index contributed by atoms with van der Waals surface area (Å²) in [6.45, 7) is 2.56. The van der Waals surface area contributed by atoms with Crippen LogP contribution in [0.15, 0.2) is 0 Å². The highest BCUT2D eigenvalue weighted by Gasteiger charge is 2.40. The van der Waals surface area contributed by atoms with Crippen molar-refractivity contribution in [1.29, 1.82) is 0 Å². The molecule has 1 heterocycles. The molecule has 2 unspecified atom stereocenters. The summed E-state index contributed by atoms with van der Waals surface area (Å²) < 4.78 is 42.7. The predicted octanol–water partition coefficient (Wildman–Crippen LogP) is 3.37. The van der Waals surface area contributed by atoms with E-state index >= 15 is 0 Å². The normalized spacial score (nSPS) is 30.6. The van der Waals surface area contributed by atoms with E-state index in [-0.39, 0.29) is 6.04 Å². The monoisotopic (exact) mass is 226 g/mol. The van der Waals surface area contributed by atoms with E-state index in [2.05, 4.69) is 0 Å². The largest absolute Gasteiger partial charge is 0.417 e. The molecule has 0 saturated carbocycles. The van der Waals surface area contributed by atoms with Crippen LogP contribution in [0.2, 0.25) is 18.1 Å². The van der Waals surface area contributed by atoms with Gasteiger partial charge in [0.1, 0.15) is 0 Å². The second-order valence-corrected chi connectivity index (χ2v) is 8.17. The first-order valence-electron chi connectivity index (χ1n) is 5.16. The molecule has 0 aromatic carbocycles. The average molecular weight is 226 g/mol. The van der Waals surface area contributed by atoms with Crippen molar-refractivity contribution in [3.05, 3.63) is 0 Å². The van der Waals surface area contributed by atoms with Gasteiger partial charge in [-0.25, -0.2) is 13.2 Å². The van der Waals surface area contributed by atoms with Crippen LogP contribution in [-0.2, 0) is 4.43 Å². The summed E-state index contributed by atoms with van der Waals surface area (Å²) in [6.07, 6.45) is -2.84. The van der Waals surface area contributed by atoms with E-state index in [1.807, 2.05) is 6.92 Å². The number of alkyl halides is 3. The number of hydrogen-bond acceptors (Lipinski definition) is 1.